The van der Waals surface area contributed by atoms with Gasteiger partial charge in [0.05, 0.1) is 11.9 Å². The molecule has 2 N–H and O–H groups in total. The summed E-state index contributed by atoms with van der Waals surface area (Å²) in [4.78, 5) is 12.5. The first-order chi connectivity index (χ1) is 12.7. The van der Waals surface area contributed by atoms with Crippen molar-refractivity contribution in [1.29, 1.82) is 0 Å². The van der Waals surface area contributed by atoms with Crippen LogP contribution in [0.3, 0.4) is 0 Å². The van der Waals surface area contributed by atoms with Crippen molar-refractivity contribution in [3.8, 4) is 11.4 Å². The normalized spacial score (nSPS) is 29.0. The van der Waals surface area contributed by atoms with Crippen LogP contribution in [0.25, 0.3) is 5.69 Å². The molecule has 4 aliphatic carbocycles. The summed E-state index contributed by atoms with van der Waals surface area (Å²) in [5, 5.41) is 18.8. The summed E-state index contributed by atoms with van der Waals surface area (Å²) in [6, 6.07) is 9.39. The molecular formula is C20H22N4O2. The van der Waals surface area contributed by atoms with Crippen molar-refractivity contribution < 1.29 is 9.90 Å². The Morgan fingerprint density at radius 3 is 2.38 bits per heavy atom. The molecule has 1 amide bonds. The summed E-state index contributed by atoms with van der Waals surface area (Å²) in [7, 11) is 0. The topological polar surface area (TPSA) is 79.5 Å². The first kappa shape index (κ1) is 15.6. The average molecular weight is 350 g/mol. The molecule has 4 aliphatic rings. The molecular weight excluding hydrogens is 328 g/mol. The van der Waals surface area contributed by atoms with Crippen LogP contribution in [0.15, 0.2) is 41.6 Å². The van der Waals surface area contributed by atoms with E-state index in [2.05, 4.69) is 15.6 Å². The SMILES string of the molecule is O=C(NN=C1C2CC3CC(C2)CC1C3)c1nn(-c2ccccc2)cc1O. The van der Waals surface area contributed by atoms with Crippen LogP contribution in [0, 0.1) is 23.7 Å². The highest BCUT2D eigenvalue weighted by molar-refractivity contribution is 5.97. The third kappa shape index (κ3) is 2.60. The van der Waals surface area contributed by atoms with Crippen molar-refractivity contribution in [1.82, 2.24) is 15.2 Å². The first-order valence-corrected chi connectivity index (χ1v) is 9.39. The number of nitrogens with one attached hydrogen (secondary N) is 1. The number of para-hydroxylation sites is 1. The molecule has 0 saturated heterocycles. The van der Waals surface area contributed by atoms with Crippen molar-refractivity contribution in [3.05, 3.63) is 42.2 Å². The predicted octanol–water partition coefficient (Wildman–Crippen LogP) is 3.12. The molecule has 6 rings (SSSR count). The number of benzene rings is 1. The molecule has 134 valence electrons. The lowest BCUT2D eigenvalue weighted by Gasteiger charge is -2.50. The van der Waals surface area contributed by atoms with Crippen LogP contribution in [-0.4, -0.2) is 26.5 Å². The Labute approximate surface area is 151 Å². The van der Waals surface area contributed by atoms with Gasteiger partial charge in [-0.2, -0.15) is 10.2 Å². The van der Waals surface area contributed by atoms with Gasteiger partial charge < -0.3 is 5.11 Å². The Bertz CT molecular complexity index is 841. The monoisotopic (exact) mass is 350 g/mol. The summed E-state index contributed by atoms with van der Waals surface area (Å²) < 4.78 is 1.50. The van der Waals surface area contributed by atoms with Gasteiger partial charge in [-0.05, 0) is 67.9 Å². The molecule has 1 aromatic carbocycles. The van der Waals surface area contributed by atoms with Gasteiger partial charge in [0.1, 0.15) is 0 Å². The molecule has 0 atom stereocenters. The van der Waals surface area contributed by atoms with Crippen molar-refractivity contribution in [2.75, 3.05) is 0 Å². The third-order valence-electron chi connectivity index (χ3n) is 6.19. The molecule has 1 heterocycles. The summed E-state index contributed by atoms with van der Waals surface area (Å²) in [6.45, 7) is 0. The van der Waals surface area contributed by atoms with E-state index in [1.165, 1.54) is 43.0 Å². The lowest BCUT2D eigenvalue weighted by atomic mass is 9.55. The van der Waals surface area contributed by atoms with Gasteiger partial charge in [-0.25, -0.2) is 10.1 Å². The Balaban J connectivity index is 1.34. The summed E-state index contributed by atoms with van der Waals surface area (Å²) in [5.74, 6) is 2.18. The highest BCUT2D eigenvalue weighted by Gasteiger charge is 2.46. The molecule has 26 heavy (non-hydrogen) atoms. The van der Waals surface area contributed by atoms with Gasteiger partial charge in [-0.15, -0.1) is 0 Å². The quantitative estimate of drug-likeness (QED) is 0.835. The van der Waals surface area contributed by atoms with Gasteiger partial charge in [-0.3, -0.25) is 4.79 Å². The fourth-order valence-corrected chi connectivity index (χ4v) is 5.26. The Morgan fingerprint density at radius 2 is 1.73 bits per heavy atom. The average Bonchev–Trinajstić information content (AvgIpc) is 3.03. The number of amides is 1. The minimum atomic E-state index is -0.460. The molecule has 0 aliphatic heterocycles. The van der Waals surface area contributed by atoms with E-state index < -0.39 is 5.91 Å². The van der Waals surface area contributed by atoms with E-state index in [-0.39, 0.29) is 11.4 Å². The standard InChI is InChI=1S/C20H22N4O2/c25-17-11-24(16-4-2-1-3-5-16)23-19(17)20(26)22-21-18-14-7-12-6-13(9-14)10-15(18)8-12/h1-5,11-15,25H,6-10H2,(H,22,26). The number of carbonyl (C=O) groups excluding carboxylic acids is 1. The van der Waals surface area contributed by atoms with E-state index in [4.69, 9.17) is 0 Å². The van der Waals surface area contributed by atoms with Crippen molar-refractivity contribution >= 4 is 11.6 Å². The molecule has 1 aromatic heterocycles. The summed E-state index contributed by atoms with van der Waals surface area (Å²) in [6.07, 6.45) is 7.70. The van der Waals surface area contributed by atoms with Gasteiger partial charge in [-0.1, -0.05) is 18.2 Å². The highest BCUT2D eigenvalue weighted by Crippen LogP contribution is 2.52. The first-order valence-electron chi connectivity index (χ1n) is 9.39. The zero-order valence-corrected chi connectivity index (χ0v) is 14.5. The number of aromatic hydroxyl groups is 1. The number of nitrogens with zero attached hydrogens (tertiary/aromatic N) is 3. The smallest absolute Gasteiger partial charge is 0.295 e. The minimum absolute atomic E-state index is 0.00187. The number of carbonyl (C=O) groups is 1. The molecule has 4 fully saturated rings. The Kier molecular flexibility index (Phi) is 3.58. The second kappa shape index (κ2) is 5.97. The van der Waals surface area contributed by atoms with E-state index in [9.17, 15) is 9.90 Å². The number of hydrazone groups is 1. The molecule has 0 radical (unpaired) electrons. The fraction of sp³-hybridized carbons (Fsp3) is 0.450. The van der Waals surface area contributed by atoms with Crippen molar-refractivity contribution in [2.45, 2.75) is 32.1 Å². The van der Waals surface area contributed by atoms with E-state index in [0.29, 0.717) is 11.8 Å². The van der Waals surface area contributed by atoms with E-state index in [1.54, 1.807) is 0 Å². The van der Waals surface area contributed by atoms with Crippen LogP contribution in [-0.2, 0) is 0 Å². The molecule has 2 aromatic rings. The Hall–Kier alpha value is -2.63. The van der Waals surface area contributed by atoms with Gasteiger partial charge >= 0.3 is 0 Å². The third-order valence-corrected chi connectivity index (χ3v) is 6.19. The van der Waals surface area contributed by atoms with Crippen LogP contribution in [0.1, 0.15) is 42.6 Å². The molecule has 4 saturated carbocycles. The zero-order chi connectivity index (χ0) is 17.7. The maximum Gasteiger partial charge on any atom is 0.295 e. The van der Waals surface area contributed by atoms with E-state index in [1.807, 2.05) is 30.3 Å². The number of hydrogen-bond donors (Lipinski definition) is 2. The summed E-state index contributed by atoms with van der Waals surface area (Å²) in [5.41, 5.74) is 4.59. The predicted molar refractivity (Wildman–Crippen MR) is 97.2 cm³/mol. The second-order valence-electron chi connectivity index (χ2n) is 7.93. The lowest BCUT2D eigenvalue weighted by Crippen LogP contribution is -2.46. The Morgan fingerprint density at radius 1 is 1.08 bits per heavy atom. The van der Waals surface area contributed by atoms with Crippen LogP contribution in [0.2, 0.25) is 0 Å². The van der Waals surface area contributed by atoms with Gasteiger partial charge in [0, 0.05) is 5.71 Å². The van der Waals surface area contributed by atoms with Crippen LogP contribution >= 0.6 is 0 Å². The highest BCUT2D eigenvalue weighted by atomic mass is 16.3. The van der Waals surface area contributed by atoms with Crippen molar-refractivity contribution in [3.63, 3.8) is 0 Å². The van der Waals surface area contributed by atoms with Gasteiger partial charge in [0.2, 0.25) is 0 Å². The second-order valence-corrected chi connectivity index (χ2v) is 7.93. The number of hydrogen-bond acceptors (Lipinski definition) is 4. The van der Waals surface area contributed by atoms with Gasteiger partial charge in [0.25, 0.3) is 5.91 Å². The van der Waals surface area contributed by atoms with Crippen LogP contribution in [0.5, 0.6) is 5.75 Å². The number of aromatic nitrogens is 2. The fourth-order valence-electron chi connectivity index (χ4n) is 5.26. The van der Waals surface area contributed by atoms with Gasteiger partial charge in [0.15, 0.2) is 11.4 Å². The maximum absolute atomic E-state index is 12.5. The minimum Gasteiger partial charge on any atom is -0.504 e. The molecule has 6 heteroatoms. The van der Waals surface area contributed by atoms with Crippen LogP contribution in [0.4, 0.5) is 0 Å². The van der Waals surface area contributed by atoms with Crippen LogP contribution < -0.4 is 5.43 Å². The maximum atomic E-state index is 12.5. The molecule has 4 bridgehead atoms. The zero-order valence-electron chi connectivity index (χ0n) is 14.5. The number of rotatable bonds is 3. The molecule has 0 unspecified atom stereocenters. The summed E-state index contributed by atoms with van der Waals surface area (Å²) >= 11 is 0. The van der Waals surface area contributed by atoms with E-state index in [0.717, 1.165) is 23.2 Å². The lowest BCUT2D eigenvalue weighted by molar-refractivity contribution is 0.0935. The molecule has 0 spiro atoms. The van der Waals surface area contributed by atoms with E-state index >= 15 is 0 Å². The largest absolute Gasteiger partial charge is 0.504 e. The molecule has 6 nitrogen and oxygen atoms in total. The van der Waals surface area contributed by atoms with Crippen molar-refractivity contribution in [2.24, 2.45) is 28.8 Å².